The maximum absolute atomic E-state index is 11.6. The van der Waals surface area contributed by atoms with Crippen molar-refractivity contribution < 1.29 is 14.7 Å². The Balaban J connectivity index is 3.01. The number of hydrogen-bond acceptors (Lipinski definition) is 4. The summed E-state index contributed by atoms with van der Waals surface area (Å²) in [7, 11) is 1.90. The molecule has 1 aliphatic rings. The number of halogens is 1. The van der Waals surface area contributed by atoms with Crippen molar-refractivity contribution in [2.24, 2.45) is 0 Å². The number of carbonyl (C=O) groups is 2. The Labute approximate surface area is 127 Å². The number of carbonyl (C=O) groups excluding carboxylic acids is 1. The zero-order valence-electron chi connectivity index (χ0n) is 11.8. The summed E-state index contributed by atoms with van der Waals surface area (Å²) in [6.45, 7) is 5.97. The van der Waals surface area contributed by atoms with Crippen LogP contribution in [0.3, 0.4) is 0 Å². The Kier molecular flexibility index (Phi) is 5.00. The minimum Gasteiger partial charge on any atom is -0.481 e. The zero-order valence-corrected chi connectivity index (χ0v) is 13.9. The van der Waals surface area contributed by atoms with E-state index in [1.54, 1.807) is 6.08 Å². The molecule has 6 heteroatoms. The number of nitrogens with one attached hydrogen (secondary N) is 1. The maximum atomic E-state index is 11.6. The Hall–Kier alpha value is -0.630. The van der Waals surface area contributed by atoms with Crippen molar-refractivity contribution >= 4 is 34.3 Å². The minimum absolute atomic E-state index is 0.0693. The van der Waals surface area contributed by atoms with Gasteiger partial charge in [-0.3, -0.25) is 14.9 Å². The molecule has 1 heterocycles. The van der Waals surface area contributed by atoms with Crippen LogP contribution in [0.15, 0.2) is 11.8 Å². The molecule has 108 valence electrons. The average Bonchev–Trinajstić information content (AvgIpc) is 2.47. The predicted molar refractivity (Wildman–Crippen MR) is 82.2 cm³/mol. The number of nitrogens with zero attached hydrogens (tertiary/aromatic N) is 1. The molecule has 1 saturated heterocycles. The third-order valence-electron chi connectivity index (χ3n) is 3.58. The summed E-state index contributed by atoms with van der Waals surface area (Å²) in [5.74, 6) is -0.741. The first kappa shape index (κ1) is 16.4. The third-order valence-corrected chi connectivity index (χ3v) is 4.33. The Bertz CT molecular complexity index is 420. The van der Waals surface area contributed by atoms with Crippen LogP contribution in [0.25, 0.3) is 0 Å². The van der Waals surface area contributed by atoms with Crippen LogP contribution in [0, 0.1) is 0 Å². The predicted octanol–water partition coefficient (Wildman–Crippen LogP) is 1.77. The Morgan fingerprint density at radius 2 is 2.00 bits per heavy atom. The summed E-state index contributed by atoms with van der Waals surface area (Å²) in [5, 5.41) is 12.3. The molecule has 1 rings (SSSR count). The lowest BCUT2D eigenvalue weighted by molar-refractivity contribution is -0.137. The second-order valence-electron chi connectivity index (χ2n) is 5.61. The molecule has 0 aliphatic carbocycles. The fourth-order valence-corrected chi connectivity index (χ4v) is 2.78. The standard InChI is InChI=1S/C13H21IN2O3/c1-12(2)10(7-9(17)8-14)16(4)13(3,15-12)6-5-11(18)19/h7,15H,5-6,8H2,1-4H3,(H,18,19). The number of rotatable bonds is 5. The first-order valence-electron chi connectivity index (χ1n) is 6.18. The van der Waals surface area contributed by atoms with Crippen molar-refractivity contribution in [2.45, 2.75) is 44.8 Å². The molecule has 2 N–H and O–H groups in total. The van der Waals surface area contributed by atoms with E-state index >= 15 is 0 Å². The number of likely N-dealkylation sites (N-methyl/N-ethyl adjacent to an activating group) is 1. The lowest BCUT2D eigenvalue weighted by atomic mass is 10.0. The van der Waals surface area contributed by atoms with E-state index in [1.807, 2.05) is 55.3 Å². The van der Waals surface area contributed by atoms with Crippen molar-refractivity contribution in [1.82, 2.24) is 10.2 Å². The topological polar surface area (TPSA) is 69.6 Å². The van der Waals surface area contributed by atoms with Gasteiger partial charge in [0.2, 0.25) is 0 Å². The summed E-state index contributed by atoms with van der Waals surface area (Å²) in [4.78, 5) is 24.4. The fraction of sp³-hybridized carbons (Fsp3) is 0.692. The summed E-state index contributed by atoms with van der Waals surface area (Å²) >= 11 is 2.04. The van der Waals surface area contributed by atoms with Crippen LogP contribution in [0.4, 0.5) is 0 Å². The van der Waals surface area contributed by atoms with Gasteiger partial charge in [-0.15, -0.1) is 0 Å². The molecule has 1 aliphatic heterocycles. The van der Waals surface area contributed by atoms with Gasteiger partial charge in [-0.05, 0) is 27.2 Å². The van der Waals surface area contributed by atoms with E-state index in [4.69, 9.17) is 5.11 Å². The van der Waals surface area contributed by atoms with E-state index < -0.39 is 11.6 Å². The smallest absolute Gasteiger partial charge is 0.303 e. The second-order valence-corrected chi connectivity index (χ2v) is 6.37. The molecular formula is C13H21IN2O3. The van der Waals surface area contributed by atoms with Crippen molar-refractivity contribution in [3.05, 3.63) is 11.8 Å². The van der Waals surface area contributed by atoms with Crippen LogP contribution < -0.4 is 5.32 Å². The lowest BCUT2D eigenvalue weighted by Crippen LogP contribution is -2.50. The summed E-state index contributed by atoms with van der Waals surface area (Å²) < 4.78 is 0.441. The SMILES string of the molecule is CN1C(=CC(=O)CI)C(C)(C)NC1(C)CCC(=O)O. The number of alkyl halides is 1. The molecule has 0 aromatic carbocycles. The van der Waals surface area contributed by atoms with Crippen LogP contribution in [0.2, 0.25) is 0 Å². The number of ketones is 1. The van der Waals surface area contributed by atoms with Crippen molar-refractivity contribution in [1.29, 1.82) is 0 Å². The van der Waals surface area contributed by atoms with E-state index in [0.717, 1.165) is 5.70 Å². The van der Waals surface area contributed by atoms with Crippen LogP contribution in [0.1, 0.15) is 33.6 Å². The molecule has 1 fully saturated rings. The van der Waals surface area contributed by atoms with E-state index in [0.29, 0.717) is 10.8 Å². The maximum Gasteiger partial charge on any atom is 0.303 e. The van der Waals surface area contributed by atoms with Gasteiger partial charge in [-0.1, -0.05) is 22.6 Å². The third kappa shape index (κ3) is 3.68. The van der Waals surface area contributed by atoms with Crippen molar-refractivity contribution in [3.8, 4) is 0 Å². The minimum atomic E-state index is -0.810. The van der Waals surface area contributed by atoms with Gasteiger partial charge >= 0.3 is 5.97 Å². The molecule has 1 atom stereocenters. The van der Waals surface area contributed by atoms with Gasteiger partial charge in [0, 0.05) is 25.2 Å². The van der Waals surface area contributed by atoms with Crippen LogP contribution >= 0.6 is 22.6 Å². The van der Waals surface area contributed by atoms with Crippen LogP contribution in [-0.4, -0.2) is 44.4 Å². The van der Waals surface area contributed by atoms with E-state index in [1.165, 1.54) is 0 Å². The van der Waals surface area contributed by atoms with Crippen molar-refractivity contribution in [2.75, 3.05) is 11.5 Å². The molecule has 1 unspecified atom stereocenters. The number of aliphatic carboxylic acids is 1. The summed E-state index contributed by atoms with van der Waals surface area (Å²) in [6.07, 6.45) is 2.24. The van der Waals surface area contributed by atoms with Gasteiger partial charge in [-0.25, -0.2) is 0 Å². The molecule has 0 aromatic rings. The quantitative estimate of drug-likeness (QED) is 0.432. The van der Waals surface area contributed by atoms with Gasteiger partial charge in [0.25, 0.3) is 0 Å². The first-order chi connectivity index (χ1) is 8.62. The molecule has 0 amide bonds. The highest BCUT2D eigenvalue weighted by molar-refractivity contribution is 14.1. The highest BCUT2D eigenvalue weighted by atomic mass is 127. The van der Waals surface area contributed by atoms with Gasteiger partial charge < -0.3 is 10.0 Å². The molecule has 0 radical (unpaired) electrons. The van der Waals surface area contributed by atoms with E-state index in [2.05, 4.69) is 5.32 Å². The van der Waals surface area contributed by atoms with Gasteiger partial charge in [0.1, 0.15) is 0 Å². The van der Waals surface area contributed by atoms with E-state index in [-0.39, 0.29) is 17.7 Å². The largest absolute Gasteiger partial charge is 0.481 e. The van der Waals surface area contributed by atoms with Gasteiger partial charge in [-0.2, -0.15) is 0 Å². The number of hydrogen-bond donors (Lipinski definition) is 2. The van der Waals surface area contributed by atoms with Crippen LogP contribution in [-0.2, 0) is 9.59 Å². The Morgan fingerprint density at radius 1 is 1.42 bits per heavy atom. The molecule has 0 spiro atoms. The second kappa shape index (κ2) is 5.78. The zero-order chi connectivity index (χ0) is 14.8. The van der Waals surface area contributed by atoms with Crippen LogP contribution in [0.5, 0.6) is 0 Å². The molecule has 5 nitrogen and oxygen atoms in total. The molecular weight excluding hydrogens is 359 g/mol. The van der Waals surface area contributed by atoms with Gasteiger partial charge in [0.05, 0.1) is 15.6 Å². The molecule has 0 bridgehead atoms. The molecule has 0 aromatic heterocycles. The normalized spacial score (nSPS) is 27.8. The highest BCUT2D eigenvalue weighted by Gasteiger charge is 2.46. The van der Waals surface area contributed by atoms with Crippen molar-refractivity contribution in [3.63, 3.8) is 0 Å². The highest BCUT2D eigenvalue weighted by Crippen LogP contribution is 2.37. The Morgan fingerprint density at radius 3 is 2.47 bits per heavy atom. The number of carboxylic acids is 1. The van der Waals surface area contributed by atoms with E-state index in [9.17, 15) is 9.59 Å². The fourth-order valence-electron chi connectivity index (χ4n) is 2.56. The average molecular weight is 380 g/mol. The first-order valence-corrected chi connectivity index (χ1v) is 7.71. The molecule has 0 saturated carbocycles. The molecule has 19 heavy (non-hydrogen) atoms. The lowest BCUT2D eigenvalue weighted by Gasteiger charge is -2.33. The number of carboxylic acid groups (broad SMARTS) is 1. The number of allylic oxidation sites excluding steroid dienone is 1. The van der Waals surface area contributed by atoms with Gasteiger partial charge in [0.15, 0.2) is 5.78 Å². The summed E-state index contributed by atoms with van der Waals surface area (Å²) in [5.41, 5.74) is 0.116. The summed E-state index contributed by atoms with van der Waals surface area (Å²) in [6, 6.07) is 0. The monoisotopic (exact) mass is 380 g/mol.